The molecule has 0 saturated heterocycles. The number of nitro groups is 1. The standard InChI is InChI=1S/C17H12ClN3O3S2/c1-10-9-25-17(19-10)26-15-7-6-11(8-14(15)21(23)24)16(22)20-13-5-3-2-4-12(13)18/h2-9H,1H3,(H,20,22). The van der Waals surface area contributed by atoms with Crippen LogP contribution in [0.1, 0.15) is 16.1 Å². The van der Waals surface area contributed by atoms with Gasteiger partial charge in [0.2, 0.25) is 0 Å². The number of carbonyl (C=O) groups is 1. The molecule has 0 aliphatic heterocycles. The smallest absolute Gasteiger partial charge is 0.284 e. The zero-order valence-corrected chi connectivity index (χ0v) is 15.8. The summed E-state index contributed by atoms with van der Waals surface area (Å²) < 4.78 is 0.707. The zero-order chi connectivity index (χ0) is 18.7. The molecule has 0 radical (unpaired) electrons. The summed E-state index contributed by atoms with van der Waals surface area (Å²) in [7, 11) is 0. The highest BCUT2D eigenvalue weighted by atomic mass is 35.5. The molecule has 1 amide bonds. The van der Waals surface area contributed by atoms with Crippen LogP contribution in [-0.2, 0) is 0 Å². The van der Waals surface area contributed by atoms with Crippen LogP contribution in [-0.4, -0.2) is 15.8 Å². The Morgan fingerprint density at radius 3 is 2.73 bits per heavy atom. The summed E-state index contributed by atoms with van der Waals surface area (Å²) >= 11 is 8.64. The second-order valence-corrected chi connectivity index (χ2v) is 7.78. The van der Waals surface area contributed by atoms with E-state index in [0.717, 1.165) is 5.69 Å². The lowest BCUT2D eigenvalue weighted by atomic mass is 10.2. The SMILES string of the molecule is Cc1csc(Sc2ccc(C(=O)Nc3ccccc3Cl)cc2[N+](=O)[O-])n1. The first-order valence-corrected chi connectivity index (χ1v) is 9.46. The van der Waals surface area contributed by atoms with Crippen molar-refractivity contribution < 1.29 is 9.72 Å². The summed E-state index contributed by atoms with van der Waals surface area (Å²) in [6.45, 7) is 1.86. The van der Waals surface area contributed by atoms with Crippen molar-refractivity contribution in [3.8, 4) is 0 Å². The van der Waals surface area contributed by atoms with Crippen LogP contribution < -0.4 is 5.32 Å². The van der Waals surface area contributed by atoms with E-state index in [9.17, 15) is 14.9 Å². The number of nitrogens with one attached hydrogen (secondary N) is 1. The molecule has 0 fully saturated rings. The van der Waals surface area contributed by atoms with Crippen LogP contribution in [0.25, 0.3) is 0 Å². The van der Waals surface area contributed by atoms with E-state index in [-0.39, 0.29) is 11.3 Å². The Kier molecular flexibility index (Phi) is 5.55. The largest absolute Gasteiger partial charge is 0.321 e. The number of carbonyl (C=O) groups excluding carboxylic acids is 1. The number of halogens is 1. The van der Waals surface area contributed by atoms with Crippen molar-refractivity contribution in [3.05, 3.63) is 74.2 Å². The summed E-state index contributed by atoms with van der Waals surface area (Å²) in [5.74, 6) is -0.470. The summed E-state index contributed by atoms with van der Waals surface area (Å²) in [6.07, 6.45) is 0. The second-order valence-electron chi connectivity index (χ2n) is 5.23. The summed E-state index contributed by atoms with van der Waals surface area (Å²) in [6, 6.07) is 11.1. The van der Waals surface area contributed by atoms with Gasteiger partial charge in [-0.25, -0.2) is 4.98 Å². The van der Waals surface area contributed by atoms with E-state index < -0.39 is 10.8 Å². The molecule has 1 aromatic heterocycles. The van der Waals surface area contributed by atoms with Gasteiger partial charge in [-0.05, 0) is 31.2 Å². The van der Waals surface area contributed by atoms with Gasteiger partial charge >= 0.3 is 0 Å². The minimum atomic E-state index is -0.505. The van der Waals surface area contributed by atoms with Gasteiger partial charge in [0, 0.05) is 22.7 Å². The molecule has 3 aromatic rings. The molecule has 132 valence electrons. The first-order chi connectivity index (χ1) is 12.4. The fourth-order valence-corrected chi connectivity index (χ4v) is 4.18. The van der Waals surface area contributed by atoms with Gasteiger partial charge in [-0.2, -0.15) is 0 Å². The van der Waals surface area contributed by atoms with Gasteiger partial charge in [-0.3, -0.25) is 14.9 Å². The molecule has 0 aliphatic carbocycles. The van der Waals surface area contributed by atoms with Crippen LogP contribution in [0, 0.1) is 17.0 Å². The van der Waals surface area contributed by atoms with Crippen molar-refractivity contribution in [2.75, 3.05) is 5.32 Å². The third kappa shape index (κ3) is 4.21. The Balaban J connectivity index is 1.87. The number of amides is 1. The molecule has 0 aliphatic rings. The Morgan fingerprint density at radius 2 is 2.08 bits per heavy atom. The maximum atomic E-state index is 12.4. The summed E-state index contributed by atoms with van der Waals surface area (Å²) in [4.78, 5) is 28.1. The van der Waals surface area contributed by atoms with Gasteiger partial charge < -0.3 is 5.32 Å². The Morgan fingerprint density at radius 1 is 1.31 bits per heavy atom. The van der Waals surface area contributed by atoms with Crippen molar-refractivity contribution in [2.45, 2.75) is 16.2 Å². The molecule has 3 rings (SSSR count). The van der Waals surface area contributed by atoms with E-state index in [1.807, 2.05) is 12.3 Å². The highest BCUT2D eigenvalue weighted by Crippen LogP contribution is 2.37. The highest BCUT2D eigenvalue weighted by molar-refractivity contribution is 8.01. The Labute approximate surface area is 162 Å². The molecule has 2 aromatic carbocycles. The average Bonchev–Trinajstić information content (AvgIpc) is 3.02. The van der Waals surface area contributed by atoms with Crippen LogP contribution in [0.3, 0.4) is 0 Å². The van der Waals surface area contributed by atoms with E-state index in [1.54, 1.807) is 36.4 Å². The van der Waals surface area contributed by atoms with E-state index in [0.29, 0.717) is 19.9 Å². The van der Waals surface area contributed by atoms with Crippen molar-refractivity contribution in [3.63, 3.8) is 0 Å². The lowest BCUT2D eigenvalue weighted by molar-refractivity contribution is -0.387. The average molecular weight is 406 g/mol. The van der Waals surface area contributed by atoms with Crippen LogP contribution >= 0.6 is 34.7 Å². The molecule has 0 unspecified atom stereocenters. The quantitative estimate of drug-likeness (QED) is 0.452. The fourth-order valence-electron chi connectivity index (χ4n) is 2.12. The lowest BCUT2D eigenvalue weighted by Crippen LogP contribution is -2.12. The van der Waals surface area contributed by atoms with Gasteiger partial charge in [0.05, 0.1) is 20.5 Å². The van der Waals surface area contributed by atoms with Crippen molar-refractivity contribution in [1.29, 1.82) is 0 Å². The number of anilines is 1. The summed E-state index contributed by atoms with van der Waals surface area (Å²) in [5.41, 5.74) is 1.33. The molecule has 26 heavy (non-hydrogen) atoms. The predicted molar refractivity (Wildman–Crippen MR) is 103 cm³/mol. The van der Waals surface area contributed by atoms with E-state index >= 15 is 0 Å². The topological polar surface area (TPSA) is 85.1 Å². The number of nitro benzene ring substituents is 1. The van der Waals surface area contributed by atoms with E-state index in [2.05, 4.69) is 10.3 Å². The van der Waals surface area contributed by atoms with Crippen molar-refractivity contribution in [1.82, 2.24) is 4.98 Å². The van der Waals surface area contributed by atoms with Crippen LogP contribution in [0.2, 0.25) is 5.02 Å². The molecule has 0 spiro atoms. The lowest BCUT2D eigenvalue weighted by Gasteiger charge is -2.08. The van der Waals surface area contributed by atoms with E-state index in [1.165, 1.54) is 29.2 Å². The van der Waals surface area contributed by atoms with Crippen LogP contribution in [0.15, 0.2) is 57.1 Å². The fraction of sp³-hybridized carbons (Fsp3) is 0.0588. The number of aromatic nitrogens is 1. The van der Waals surface area contributed by atoms with Gasteiger partial charge in [-0.15, -0.1) is 11.3 Å². The number of rotatable bonds is 5. The first kappa shape index (κ1) is 18.4. The third-order valence-electron chi connectivity index (χ3n) is 3.34. The highest BCUT2D eigenvalue weighted by Gasteiger charge is 2.20. The number of nitrogens with zero attached hydrogens (tertiary/aromatic N) is 2. The molecule has 1 N–H and O–H groups in total. The minimum absolute atomic E-state index is 0.144. The minimum Gasteiger partial charge on any atom is -0.321 e. The van der Waals surface area contributed by atoms with Crippen molar-refractivity contribution >= 4 is 52.0 Å². The molecule has 0 bridgehead atoms. The molecule has 0 saturated carbocycles. The van der Waals surface area contributed by atoms with E-state index in [4.69, 9.17) is 11.6 Å². The number of benzene rings is 2. The Hall–Kier alpha value is -2.42. The predicted octanol–water partition coefficient (Wildman–Crippen LogP) is 5.42. The van der Waals surface area contributed by atoms with Crippen LogP contribution in [0.5, 0.6) is 0 Å². The second kappa shape index (κ2) is 7.86. The first-order valence-electron chi connectivity index (χ1n) is 7.38. The van der Waals surface area contributed by atoms with Gasteiger partial charge in [-0.1, -0.05) is 35.5 Å². The molecular formula is C17H12ClN3O3S2. The molecule has 9 heteroatoms. The number of hydrogen-bond donors (Lipinski definition) is 1. The van der Waals surface area contributed by atoms with Gasteiger partial charge in [0.15, 0.2) is 4.34 Å². The molecule has 0 atom stereocenters. The maximum Gasteiger partial charge on any atom is 0.284 e. The molecular weight excluding hydrogens is 394 g/mol. The maximum absolute atomic E-state index is 12.4. The third-order valence-corrected chi connectivity index (χ3v) is 5.79. The van der Waals surface area contributed by atoms with Crippen LogP contribution in [0.4, 0.5) is 11.4 Å². The molecule has 6 nitrogen and oxygen atoms in total. The number of hydrogen-bond acceptors (Lipinski definition) is 6. The Bertz CT molecular complexity index is 991. The zero-order valence-electron chi connectivity index (χ0n) is 13.4. The van der Waals surface area contributed by atoms with Gasteiger partial charge in [0.1, 0.15) is 0 Å². The molecule has 1 heterocycles. The van der Waals surface area contributed by atoms with Crippen molar-refractivity contribution in [2.24, 2.45) is 0 Å². The number of thiazole rings is 1. The summed E-state index contributed by atoms with van der Waals surface area (Å²) in [5, 5.41) is 16.3. The normalized spacial score (nSPS) is 10.5. The van der Waals surface area contributed by atoms with Gasteiger partial charge in [0.25, 0.3) is 11.6 Å². The monoisotopic (exact) mass is 405 g/mol. The number of aryl methyl sites for hydroxylation is 1. The number of para-hydroxylation sites is 1.